The lowest BCUT2D eigenvalue weighted by molar-refractivity contribution is 0.0855. The number of rotatable bonds is 5. The van der Waals surface area contributed by atoms with Crippen LogP contribution in [0.15, 0.2) is 24.3 Å². The molecule has 0 amide bonds. The van der Waals surface area contributed by atoms with Crippen LogP contribution in [-0.2, 0) is 0 Å². The normalized spacial score (nSPS) is 20.1. The Morgan fingerprint density at radius 1 is 1.45 bits per heavy atom. The van der Waals surface area contributed by atoms with Crippen LogP contribution in [0.1, 0.15) is 23.2 Å². The van der Waals surface area contributed by atoms with Crippen LogP contribution in [-0.4, -0.2) is 62.5 Å². The van der Waals surface area contributed by atoms with E-state index in [0.29, 0.717) is 23.9 Å². The fourth-order valence-electron chi connectivity index (χ4n) is 2.81. The van der Waals surface area contributed by atoms with Crippen LogP contribution in [0.2, 0.25) is 0 Å². The van der Waals surface area contributed by atoms with Crippen LogP contribution in [0.25, 0.3) is 0 Å². The van der Waals surface area contributed by atoms with Gasteiger partial charge in [0.2, 0.25) is 0 Å². The van der Waals surface area contributed by atoms with Crippen molar-refractivity contribution in [3.05, 3.63) is 29.8 Å². The van der Waals surface area contributed by atoms with Crippen molar-refractivity contribution in [2.75, 3.05) is 40.8 Å². The number of likely N-dealkylation sites (tertiary alicyclic amines) is 1. The van der Waals surface area contributed by atoms with Crippen LogP contribution in [0.5, 0.6) is 5.75 Å². The molecule has 0 spiro atoms. The van der Waals surface area contributed by atoms with Gasteiger partial charge in [-0.1, -0.05) is 12.1 Å². The summed E-state index contributed by atoms with van der Waals surface area (Å²) in [5.74, 6) is 0.782. The van der Waals surface area contributed by atoms with Crippen LogP contribution in [0.3, 0.4) is 0 Å². The number of carbonyl (C=O) groups is 1. The number of likely N-dealkylation sites (N-methyl/N-ethyl adjacent to an activating group) is 2. The van der Waals surface area contributed by atoms with Gasteiger partial charge in [0.05, 0.1) is 19.2 Å². The summed E-state index contributed by atoms with van der Waals surface area (Å²) >= 11 is 0. The number of para-hydroxylation sites is 1. The van der Waals surface area contributed by atoms with E-state index >= 15 is 0 Å². The molecule has 1 aromatic carbocycles. The van der Waals surface area contributed by atoms with Gasteiger partial charge in [-0.25, -0.2) is 0 Å². The van der Waals surface area contributed by atoms with Gasteiger partial charge in [-0.2, -0.15) is 0 Å². The highest BCUT2D eigenvalue weighted by Crippen LogP contribution is 2.19. The molecule has 20 heavy (non-hydrogen) atoms. The summed E-state index contributed by atoms with van der Waals surface area (Å²) in [6.07, 6.45) is 2.37. The third-order valence-corrected chi connectivity index (χ3v) is 4.02. The Labute approximate surface area is 121 Å². The number of carbonyl (C=O) groups excluding carboxylic acids is 1. The molecule has 0 aromatic heterocycles. The molecule has 1 aliphatic heterocycles. The van der Waals surface area contributed by atoms with E-state index in [1.165, 1.54) is 12.8 Å². The maximum absolute atomic E-state index is 12.4. The monoisotopic (exact) mass is 276 g/mol. The number of Topliss-reactive ketones (excluding diaryl/α,β-unsaturated/α-hetero) is 1. The van der Waals surface area contributed by atoms with Crippen molar-refractivity contribution in [2.45, 2.75) is 18.9 Å². The van der Waals surface area contributed by atoms with Crippen molar-refractivity contribution in [3.8, 4) is 5.75 Å². The highest BCUT2D eigenvalue weighted by molar-refractivity contribution is 6.00. The van der Waals surface area contributed by atoms with Crippen LogP contribution in [0, 0.1) is 0 Å². The van der Waals surface area contributed by atoms with Gasteiger partial charge in [-0.05, 0) is 45.6 Å². The van der Waals surface area contributed by atoms with Gasteiger partial charge in [-0.15, -0.1) is 0 Å². The zero-order chi connectivity index (χ0) is 14.5. The molecule has 0 saturated carbocycles. The molecule has 1 aliphatic rings. The minimum Gasteiger partial charge on any atom is -0.496 e. The summed E-state index contributed by atoms with van der Waals surface area (Å²) in [5.41, 5.74) is 0.672. The number of nitrogens with zero attached hydrogens (tertiary/aromatic N) is 2. The first-order chi connectivity index (χ1) is 9.61. The lowest BCUT2D eigenvalue weighted by Gasteiger charge is -2.35. The molecule has 1 saturated heterocycles. The Bertz CT molecular complexity index is 462. The number of hydrogen-bond donors (Lipinski definition) is 0. The molecule has 2 rings (SSSR count). The number of ketones is 1. The highest BCUT2D eigenvalue weighted by Gasteiger charge is 2.23. The van der Waals surface area contributed by atoms with Gasteiger partial charge in [0.15, 0.2) is 5.78 Å². The predicted octanol–water partition coefficient (Wildman–Crippen LogP) is 1.90. The summed E-state index contributed by atoms with van der Waals surface area (Å²) in [6, 6.07) is 7.90. The summed E-state index contributed by atoms with van der Waals surface area (Å²) in [5, 5.41) is 0. The molecule has 1 unspecified atom stereocenters. The Hall–Kier alpha value is -1.39. The van der Waals surface area contributed by atoms with Crippen LogP contribution >= 0.6 is 0 Å². The molecule has 1 heterocycles. The molecular weight excluding hydrogens is 252 g/mol. The maximum Gasteiger partial charge on any atom is 0.180 e. The third kappa shape index (κ3) is 3.58. The van der Waals surface area contributed by atoms with Gasteiger partial charge in [0.25, 0.3) is 0 Å². The van der Waals surface area contributed by atoms with Crippen molar-refractivity contribution >= 4 is 5.78 Å². The summed E-state index contributed by atoms with van der Waals surface area (Å²) in [4.78, 5) is 16.9. The highest BCUT2D eigenvalue weighted by atomic mass is 16.5. The zero-order valence-corrected chi connectivity index (χ0v) is 12.6. The van der Waals surface area contributed by atoms with Crippen molar-refractivity contribution in [1.82, 2.24) is 9.80 Å². The second-order valence-corrected chi connectivity index (χ2v) is 5.60. The molecule has 1 fully saturated rings. The van der Waals surface area contributed by atoms with Gasteiger partial charge in [-0.3, -0.25) is 9.69 Å². The average Bonchev–Trinajstić information content (AvgIpc) is 2.47. The summed E-state index contributed by atoms with van der Waals surface area (Å²) in [7, 11) is 5.78. The predicted molar refractivity (Wildman–Crippen MR) is 80.5 cm³/mol. The number of methoxy groups -OCH3 is 1. The first-order valence-electron chi connectivity index (χ1n) is 7.17. The largest absolute Gasteiger partial charge is 0.496 e. The topological polar surface area (TPSA) is 32.8 Å². The molecule has 4 nitrogen and oxygen atoms in total. The second-order valence-electron chi connectivity index (χ2n) is 5.60. The smallest absolute Gasteiger partial charge is 0.180 e. The molecule has 1 aromatic rings. The van der Waals surface area contributed by atoms with E-state index in [2.05, 4.69) is 16.8 Å². The number of ether oxygens (including phenoxy) is 1. The molecule has 0 radical (unpaired) electrons. The fraction of sp³-hybridized carbons (Fsp3) is 0.562. The average molecular weight is 276 g/mol. The Balaban J connectivity index is 2.00. The number of benzene rings is 1. The molecule has 4 heteroatoms. The van der Waals surface area contributed by atoms with Gasteiger partial charge in [0.1, 0.15) is 5.75 Å². The lowest BCUT2D eigenvalue weighted by Crippen LogP contribution is -2.46. The fourth-order valence-corrected chi connectivity index (χ4v) is 2.81. The van der Waals surface area contributed by atoms with E-state index in [1.807, 2.05) is 31.3 Å². The minimum atomic E-state index is 0.123. The van der Waals surface area contributed by atoms with E-state index in [4.69, 9.17) is 4.74 Å². The van der Waals surface area contributed by atoms with Crippen LogP contribution in [0.4, 0.5) is 0 Å². The summed E-state index contributed by atoms with van der Waals surface area (Å²) in [6.45, 7) is 2.64. The molecular formula is C16H24N2O2. The number of piperidine rings is 1. The quantitative estimate of drug-likeness (QED) is 0.769. The molecule has 1 atom stereocenters. The molecule has 0 aliphatic carbocycles. The molecule has 110 valence electrons. The summed E-state index contributed by atoms with van der Waals surface area (Å²) < 4.78 is 5.26. The minimum absolute atomic E-state index is 0.123. The molecule has 0 N–H and O–H groups in total. The standard InChI is InChI=1S/C16H24N2O2/c1-17-10-6-7-13(11-17)18(2)12-15(19)14-8-4-5-9-16(14)20-3/h4-5,8-9,13H,6-7,10-12H2,1-3H3. The van der Waals surface area contributed by atoms with Crippen molar-refractivity contribution in [1.29, 1.82) is 0 Å². The third-order valence-electron chi connectivity index (χ3n) is 4.02. The van der Waals surface area contributed by atoms with Crippen molar-refractivity contribution in [3.63, 3.8) is 0 Å². The van der Waals surface area contributed by atoms with E-state index < -0.39 is 0 Å². The molecule has 0 bridgehead atoms. The van der Waals surface area contributed by atoms with Crippen LogP contribution < -0.4 is 4.74 Å². The van der Waals surface area contributed by atoms with E-state index in [-0.39, 0.29) is 5.78 Å². The van der Waals surface area contributed by atoms with Gasteiger partial charge < -0.3 is 9.64 Å². The Morgan fingerprint density at radius 3 is 2.90 bits per heavy atom. The Morgan fingerprint density at radius 2 is 2.20 bits per heavy atom. The van der Waals surface area contributed by atoms with Crippen molar-refractivity contribution < 1.29 is 9.53 Å². The first kappa shape index (κ1) is 15.0. The van der Waals surface area contributed by atoms with Crippen molar-refractivity contribution in [2.24, 2.45) is 0 Å². The lowest BCUT2D eigenvalue weighted by atomic mass is 10.0. The van der Waals surface area contributed by atoms with E-state index in [9.17, 15) is 4.79 Å². The van der Waals surface area contributed by atoms with E-state index in [1.54, 1.807) is 7.11 Å². The van der Waals surface area contributed by atoms with Gasteiger partial charge in [0, 0.05) is 12.6 Å². The zero-order valence-electron chi connectivity index (χ0n) is 12.6. The Kier molecular flexibility index (Phi) is 5.15. The first-order valence-corrected chi connectivity index (χ1v) is 7.17. The second kappa shape index (κ2) is 6.86. The SMILES string of the molecule is COc1ccccc1C(=O)CN(C)C1CCCN(C)C1. The van der Waals surface area contributed by atoms with Gasteiger partial charge >= 0.3 is 0 Å². The van der Waals surface area contributed by atoms with E-state index in [0.717, 1.165) is 13.1 Å². The number of hydrogen-bond acceptors (Lipinski definition) is 4. The maximum atomic E-state index is 12.4.